The zero-order valence-electron chi connectivity index (χ0n) is 12.0. The molecule has 3 heteroatoms. The van der Waals surface area contributed by atoms with Gasteiger partial charge < -0.3 is 5.11 Å². The molecule has 1 N–H and O–H groups in total. The van der Waals surface area contributed by atoms with Crippen LogP contribution in [-0.4, -0.2) is 16.7 Å². The second-order valence-electron chi connectivity index (χ2n) is 5.81. The highest BCUT2D eigenvalue weighted by molar-refractivity contribution is 7.12. The molecule has 19 heavy (non-hydrogen) atoms. The summed E-state index contributed by atoms with van der Waals surface area (Å²) < 4.78 is 0. The molecule has 1 heterocycles. The van der Waals surface area contributed by atoms with Crippen molar-refractivity contribution >= 4 is 11.3 Å². The Morgan fingerprint density at radius 3 is 2.32 bits per heavy atom. The molecule has 0 bridgehead atoms. The van der Waals surface area contributed by atoms with Gasteiger partial charge in [0.15, 0.2) is 0 Å². The summed E-state index contributed by atoms with van der Waals surface area (Å²) in [6.45, 7) is 8.90. The number of hydrogen-bond acceptors (Lipinski definition) is 3. The van der Waals surface area contributed by atoms with Crippen LogP contribution >= 0.6 is 11.3 Å². The highest BCUT2D eigenvalue weighted by atomic mass is 32.1. The van der Waals surface area contributed by atoms with Gasteiger partial charge in [-0.15, -0.1) is 11.3 Å². The zero-order chi connectivity index (χ0) is 14.0. The average Bonchev–Trinajstić information content (AvgIpc) is 2.70. The number of aromatic nitrogens is 1. The van der Waals surface area contributed by atoms with E-state index in [0.29, 0.717) is 6.42 Å². The van der Waals surface area contributed by atoms with Gasteiger partial charge in [-0.2, -0.15) is 0 Å². The fraction of sp³-hybridized carbons (Fsp3) is 0.438. The van der Waals surface area contributed by atoms with Gasteiger partial charge >= 0.3 is 0 Å². The van der Waals surface area contributed by atoms with Crippen LogP contribution in [0.15, 0.2) is 24.3 Å². The summed E-state index contributed by atoms with van der Waals surface area (Å²) in [4.78, 5) is 5.83. The molecular weight excluding hydrogens is 254 g/mol. The van der Waals surface area contributed by atoms with Crippen molar-refractivity contribution in [2.75, 3.05) is 6.61 Å². The van der Waals surface area contributed by atoms with E-state index in [-0.39, 0.29) is 12.0 Å². The zero-order valence-corrected chi connectivity index (χ0v) is 12.8. The van der Waals surface area contributed by atoms with Crippen LogP contribution in [0.2, 0.25) is 0 Å². The second-order valence-corrected chi connectivity index (χ2v) is 7.10. The van der Waals surface area contributed by atoms with Crippen molar-refractivity contribution in [3.8, 4) is 11.3 Å². The van der Waals surface area contributed by atoms with Crippen LogP contribution in [0.1, 0.15) is 36.2 Å². The van der Waals surface area contributed by atoms with Gasteiger partial charge in [0, 0.05) is 23.5 Å². The number of thiazole rings is 1. The number of aliphatic hydroxyl groups is 1. The highest BCUT2D eigenvalue weighted by Crippen LogP contribution is 2.30. The molecule has 0 aliphatic rings. The van der Waals surface area contributed by atoms with Crippen molar-refractivity contribution in [3.63, 3.8) is 0 Å². The summed E-state index contributed by atoms with van der Waals surface area (Å²) in [6.07, 6.45) is 0.644. The van der Waals surface area contributed by atoms with Crippen LogP contribution < -0.4 is 0 Å². The van der Waals surface area contributed by atoms with E-state index < -0.39 is 0 Å². The topological polar surface area (TPSA) is 33.1 Å². The molecule has 0 amide bonds. The van der Waals surface area contributed by atoms with Gasteiger partial charge in [0.25, 0.3) is 0 Å². The van der Waals surface area contributed by atoms with E-state index in [0.717, 1.165) is 16.3 Å². The van der Waals surface area contributed by atoms with Crippen LogP contribution in [0.4, 0.5) is 0 Å². The quantitative estimate of drug-likeness (QED) is 0.920. The van der Waals surface area contributed by atoms with Gasteiger partial charge in [-0.25, -0.2) is 4.98 Å². The van der Waals surface area contributed by atoms with Crippen molar-refractivity contribution in [2.45, 2.75) is 39.5 Å². The standard InChI is InChI=1S/C16H21NOS/c1-11-15(17-14(19-11)9-10-18)12-5-7-13(8-6-12)16(2,3)4/h5-8,18H,9-10H2,1-4H3. The van der Waals surface area contributed by atoms with Crippen molar-refractivity contribution in [2.24, 2.45) is 0 Å². The Morgan fingerprint density at radius 1 is 1.16 bits per heavy atom. The molecule has 0 fully saturated rings. The third-order valence-corrected chi connectivity index (χ3v) is 4.22. The van der Waals surface area contributed by atoms with Crippen molar-refractivity contribution in [1.29, 1.82) is 0 Å². The molecule has 2 nitrogen and oxygen atoms in total. The molecule has 102 valence electrons. The summed E-state index contributed by atoms with van der Waals surface area (Å²) >= 11 is 1.67. The number of benzene rings is 1. The van der Waals surface area contributed by atoms with E-state index in [1.807, 2.05) is 0 Å². The maximum atomic E-state index is 8.98. The van der Waals surface area contributed by atoms with E-state index in [4.69, 9.17) is 5.11 Å². The number of hydrogen-bond donors (Lipinski definition) is 1. The van der Waals surface area contributed by atoms with Gasteiger partial charge in [-0.1, -0.05) is 45.0 Å². The van der Waals surface area contributed by atoms with Crippen LogP contribution in [0.3, 0.4) is 0 Å². The smallest absolute Gasteiger partial charge is 0.0958 e. The monoisotopic (exact) mass is 275 g/mol. The van der Waals surface area contributed by atoms with Crippen LogP contribution in [-0.2, 0) is 11.8 Å². The number of nitrogens with zero attached hydrogens (tertiary/aromatic N) is 1. The van der Waals surface area contributed by atoms with Crippen molar-refractivity contribution < 1.29 is 5.11 Å². The Labute approximate surface area is 119 Å². The number of aliphatic hydroxyl groups excluding tert-OH is 1. The predicted molar refractivity (Wildman–Crippen MR) is 81.8 cm³/mol. The largest absolute Gasteiger partial charge is 0.396 e. The SMILES string of the molecule is Cc1sc(CCO)nc1-c1ccc(C(C)(C)C)cc1. The summed E-state index contributed by atoms with van der Waals surface area (Å²) in [5.41, 5.74) is 3.72. The first kappa shape index (κ1) is 14.2. The average molecular weight is 275 g/mol. The molecular formula is C16H21NOS. The normalized spacial score (nSPS) is 11.8. The molecule has 2 rings (SSSR count). The molecule has 2 aromatic rings. The first-order valence-electron chi connectivity index (χ1n) is 6.60. The first-order valence-corrected chi connectivity index (χ1v) is 7.41. The van der Waals surface area contributed by atoms with Gasteiger partial charge in [-0.3, -0.25) is 0 Å². The van der Waals surface area contributed by atoms with E-state index in [1.165, 1.54) is 10.4 Å². The van der Waals surface area contributed by atoms with E-state index >= 15 is 0 Å². The Morgan fingerprint density at radius 2 is 1.79 bits per heavy atom. The van der Waals surface area contributed by atoms with Gasteiger partial charge in [0.05, 0.1) is 10.7 Å². The van der Waals surface area contributed by atoms with E-state index in [2.05, 4.69) is 56.9 Å². The number of aryl methyl sites for hydroxylation is 1. The lowest BCUT2D eigenvalue weighted by atomic mass is 9.86. The minimum absolute atomic E-state index is 0.162. The van der Waals surface area contributed by atoms with Crippen molar-refractivity contribution in [1.82, 2.24) is 4.98 Å². The van der Waals surface area contributed by atoms with Crippen LogP contribution in [0.25, 0.3) is 11.3 Å². The minimum atomic E-state index is 0.162. The molecule has 0 saturated heterocycles. The van der Waals surface area contributed by atoms with E-state index in [9.17, 15) is 0 Å². The Balaban J connectivity index is 2.32. The van der Waals surface area contributed by atoms with Crippen molar-refractivity contribution in [3.05, 3.63) is 39.7 Å². The summed E-state index contributed by atoms with van der Waals surface area (Å²) in [5.74, 6) is 0. The van der Waals surface area contributed by atoms with E-state index in [1.54, 1.807) is 11.3 Å². The van der Waals surface area contributed by atoms with Gasteiger partial charge in [0.2, 0.25) is 0 Å². The maximum Gasteiger partial charge on any atom is 0.0958 e. The molecule has 0 unspecified atom stereocenters. The molecule has 0 aliphatic carbocycles. The molecule has 1 aromatic carbocycles. The lowest BCUT2D eigenvalue weighted by Gasteiger charge is -2.19. The molecule has 0 saturated carbocycles. The predicted octanol–water partition coefficient (Wildman–Crippen LogP) is 3.95. The Kier molecular flexibility index (Phi) is 4.07. The summed E-state index contributed by atoms with van der Waals surface area (Å²) in [6, 6.07) is 8.65. The third-order valence-electron chi connectivity index (χ3n) is 3.19. The Bertz CT molecular complexity index is 549. The van der Waals surface area contributed by atoms with Gasteiger partial charge in [0.1, 0.15) is 0 Å². The highest BCUT2D eigenvalue weighted by Gasteiger charge is 2.14. The second kappa shape index (κ2) is 5.43. The first-order chi connectivity index (χ1) is 8.91. The summed E-state index contributed by atoms with van der Waals surface area (Å²) in [7, 11) is 0. The Hall–Kier alpha value is -1.19. The molecule has 0 spiro atoms. The lowest BCUT2D eigenvalue weighted by molar-refractivity contribution is 0.299. The number of rotatable bonds is 3. The maximum absolute atomic E-state index is 8.98. The molecule has 0 radical (unpaired) electrons. The van der Waals surface area contributed by atoms with Crippen LogP contribution in [0.5, 0.6) is 0 Å². The third kappa shape index (κ3) is 3.23. The molecule has 0 atom stereocenters. The molecule has 1 aromatic heterocycles. The van der Waals surface area contributed by atoms with Crippen LogP contribution in [0, 0.1) is 6.92 Å². The molecule has 0 aliphatic heterocycles. The minimum Gasteiger partial charge on any atom is -0.396 e. The fourth-order valence-corrected chi connectivity index (χ4v) is 2.99. The summed E-state index contributed by atoms with van der Waals surface area (Å²) in [5, 5.41) is 9.99. The van der Waals surface area contributed by atoms with Gasteiger partial charge in [-0.05, 0) is 17.9 Å². The lowest BCUT2D eigenvalue weighted by Crippen LogP contribution is -2.10. The fourth-order valence-electron chi connectivity index (χ4n) is 2.05.